The van der Waals surface area contributed by atoms with Gasteiger partial charge in [0.2, 0.25) is 5.91 Å². The number of benzene rings is 2. The van der Waals surface area contributed by atoms with Crippen molar-refractivity contribution >= 4 is 29.4 Å². The van der Waals surface area contributed by atoms with E-state index in [1.165, 1.54) is 11.3 Å². The Morgan fingerprint density at radius 1 is 0.820 bits per heavy atom. The fourth-order valence-corrected chi connectivity index (χ4v) is 6.77. The third kappa shape index (κ3) is 12.7. The normalized spacial score (nSPS) is 17.3. The number of alkyl carbamates (subject to hydrolysis) is 1. The van der Waals surface area contributed by atoms with Crippen LogP contribution in [0.2, 0.25) is 0 Å². The lowest BCUT2D eigenvalue weighted by Crippen LogP contribution is -2.57. The predicted octanol–water partition coefficient (Wildman–Crippen LogP) is 3.54. The quantitative estimate of drug-likeness (QED) is 0.207. The van der Waals surface area contributed by atoms with Crippen molar-refractivity contribution < 1.29 is 23.9 Å². The lowest BCUT2D eigenvalue weighted by atomic mass is 9.95. The van der Waals surface area contributed by atoms with Gasteiger partial charge in [0.25, 0.3) is 0 Å². The highest BCUT2D eigenvalue weighted by atomic mass is 32.1. The average Bonchev–Trinajstić information content (AvgIpc) is 3.67. The van der Waals surface area contributed by atoms with Crippen LogP contribution in [-0.4, -0.2) is 122 Å². The first-order chi connectivity index (χ1) is 24.4. The van der Waals surface area contributed by atoms with Gasteiger partial charge in [0, 0.05) is 64.1 Å². The topological polar surface area (TPSA) is 128 Å². The van der Waals surface area contributed by atoms with E-state index in [1.54, 1.807) is 16.6 Å². The van der Waals surface area contributed by atoms with Crippen LogP contribution >= 0.6 is 11.3 Å². The van der Waals surface area contributed by atoms with E-state index in [4.69, 9.17) is 9.47 Å². The second-order valence-electron chi connectivity index (χ2n) is 13.1. The van der Waals surface area contributed by atoms with Crippen molar-refractivity contribution in [1.29, 1.82) is 0 Å². The summed E-state index contributed by atoms with van der Waals surface area (Å²) in [5.74, 6) is -0.196. The summed E-state index contributed by atoms with van der Waals surface area (Å²) in [5.41, 5.74) is 3.90. The predicted molar refractivity (Wildman–Crippen MR) is 194 cm³/mol. The number of amides is 4. The van der Waals surface area contributed by atoms with Crippen LogP contribution in [-0.2, 0) is 33.7 Å². The summed E-state index contributed by atoms with van der Waals surface area (Å²) >= 11 is 1.44. The zero-order valence-electron chi connectivity index (χ0n) is 29.0. The zero-order chi connectivity index (χ0) is 35.0. The standard InChI is InChI=1S/C37H51N7O5S/c1-42-16-18-44(19-17-42)36(46)41-34(14-15-43-20-22-48-23-21-43)35(45)39-31(24-29-8-4-2-5-9-29)12-13-32(25-30-10-6-3-7-11-30)40-37(47)49-27-33-26-38-28-50-33/h2-11,26,28,31-32,34H,12-25,27H2,1H3,(H,39,45)(H,40,47)(H,41,46). The van der Waals surface area contributed by atoms with Crippen molar-refractivity contribution in [2.24, 2.45) is 0 Å². The molecule has 3 N–H and O–H groups in total. The number of carbonyl (C=O) groups excluding carboxylic acids is 3. The number of hydrogen-bond acceptors (Lipinski definition) is 9. The van der Waals surface area contributed by atoms with E-state index < -0.39 is 12.1 Å². The van der Waals surface area contributed by atoms with Crippen LogP contribution < -0.4 is 16.0 Å². The number of ether oxygens (including phenoxy) is 2. The van der Waals surface area contributed by atoms with Gasteiger partial charge < -0.3 is 35.2 Å². The van der Waals surface area contributed by atoms with E-state index in [0.717, 1.165) is 42.2 Å². The minimum atomic E-state index is -0.691. The zero-order valence-corrected chi connectivity index (χ0v) is 29.8. The molecule has 0 radical (unpaired) electrons. The highest BCUT2D eigenvalue weighted by molar-refractivity contribution is 7.09. The molecule has 50 heavy (non-hydrogen) atoms. The maximum absolute atomic E-state index is 14.1. The van der Waals surface area contributed by atoms with Crippen LogP contribution in [0, 0.1) is 0 Å². The first kappa shape index (κ1) is 37.2. The molecule has 2 saturated heterocycles. The van der Waals surface area contributed by atoms with E-state index in [9.17, 15) is 14.4 Å². The summed E-state index contributed by atoms with van der Waals surface area (Å²) in [7, 11) is 2.05. The van der Waals surface area contributed by atoms with Crippen molar-refractivity contribution in [3.8, 4) is 0 Å². The fourth-order valence-electron chi connectivity index (χ4n) is 6.27. The van der Waals surface area contributed by atoms with Crippen molar-refractivity contribution in [1.82, 2.24) is 35.6 Å². The van der Waals surface area contributed by atoms with Gasteiger partial charge in [0.1, 0.15) is 12.6 Å². The molecule has 270 valence electrons. The number of hydrogen-bond donors (Lipinski definition) is 3. The number of piperazine rings is 1. The molecule has 3 aromatic rings. The number of likely N-dealkylation sites (N-methyl/N-ethyl adjacent to an activating group) is 1. The highest BCUT2D eigenvalue weighted by Gasteiger charge is 2.28. The second-order valence-corrected chi connectivity index (χ2v) is 14.1. The van der Waals surface area contributed by atoms with Gasteiger partial charge in [-0.2, -0.15) is 0 Å². The van der Waals surface area contributed by atoms with Crippen LogP contribution in [0.25, 0.3) is 0 Å². The molecule has 2 aromatic carbocycles. The molecule has 5 rings (SSSR count). The lowest BCUT2D eigenvalue weighted by Gasteiger charge is -2.34. The Labute approximate surface area is 299 Å². The number of carbonyl (C=O) groups is 3. The molecule has 2 fully saturated rings. The van der Waals surface area contributed by atoms with Gasteiger partial charge in [-0.25, -0.2) is 9.59 Å². The van der Waals surface area contributed by atoms with Crippen molar-refractivity contribution in [2.45, 2.75) is 56.8 Å². The van der Waals surface area contributed by atoms with Gasteiger partial charge in [-0.1, -0.05) is 60.7 Å². The third-order valence-electron chi connectivity index (χ3n) is 9.25. The molecule has 0 aliphatic carbocycles. The van der Waals surface area contributed by atoms with E-state index in [2.05, 4.69) is 42.9 Å². The second kappa shape index (κ2) is 20.0. The summed E-state index contributed by atoms with van der Waals surface area (Å²) in [6, 6.07) is 18.8. The molecule has 3 atom stereocenters. The molecule has 2 aliphatic rings. The van der Waals surface area contributed by atoms with E-state index in [-0.39, 0.29) is 30.6 Å². The number of urea groups is 1. The Hall–Kier alpha value is -4.04. The van der Waals surface area contributed by atoms with Crippen molar-refractivity contribution in [3.63, 3.8) is 0 Å². The number of thiazole rings is 1. The summed E-state index contributed by atoms with van der Waals surface area (Å²) in [6.07, 6.45) is 4.14. The van der Waals surface area contributed by atoms with Gasteiger partial charge in [-0.3, -0.25) is 14.7 Å². The number of rotatable bonds is 16. The monoisotopic (exact) mass is 705 g/mol. The minimum absolute atomic E-state index is 0.160. The van der Waals surface area contributed by atoms with Crippen LogP contribution in [0.1, 0.15) is 35.3 Å². The first-order valence-electron chi connectivity index (χ1n) is 17.6. The summed E-state index contributed by atoms with van der Waals surface area (Å²) in [5, 5.41) is 9.47. The largest absolute Gasteiger partial charge is 0.444 e. The van der Waals surface area contributed by atoms with Crippen molar-refractivity contribution in [2.75, 3.05) is 66.1 Å². The highest BCUT2D eigenvalue weighted by Crippen LogP contribution is 2.15. The Balaban J connectivity index is 1.27. The number of nitrogens with one attached hydrogen (secondary N) is 3. The Kier molecular flexibility index (Phi) is 14.9. The summed E-state index contributed by atoms with van der Waals surface area (Å²) < 4.78 is 11.0. The minimum Gasteiger partial charge on any atom is -0.444 e. The average molecular weight is 706 g/mol. The van der Waals surface area contributed by atoms with Crippen molar-refractivity contribution in [3.05, 3.63) is 88.4 Å². The molecule has 12 nitrogen and oxygen atoms in total. The molecule has 0 saturated carbocycles. The first-order valence-corrected chi connectivity index (χ1v) is 18.5. The van der Waals surface area contributed by atoms with Crippen LogP contribution in [0.4, 0.5) is 9.59 Å². The SMILES string of the molecule is CN1CCN(C(=O)NC(CCN2CCOCC2)C(=O)NC(CCC(Cc2ccccc2)NC(=O)OCc2cncs2)Cc2ccccc2)CC1. The number of morpholine rings is 1. The smallest absolute Gasteiger partial charge is 0.407 e. The van der Waals surface area contributed by atoms with Gasteiger partial charge in [0.05, 0.1) is 23.6 Å². The lowest BCUT2D eigenvalue weighted by molar-refractivity contribution is -0.124. The van der Waals surface area contributed by atoms with Crippen LogP contribution in [0.3, 0.4) is 0 Å². The van der Waals surface area contributed by atoms with E-state index in [1.807, 2.05) is 55.6 Å². The van der Waals surface area contributed by atoms with E-state index in [0.29, 0.717) is 65.0 Å². The van der Waals surface area contributed by atoms with Gasteiger partial charge in [-0.05, 0) is 50.3 Å². The molecular formula is C37H51N7O5S. The molecule has 13 heteroatoms. The molecule has 0 bridgehead atoms. The molecule has 0 spiro atoms. The van der Waals surface area contributed by atoms with Gasteiger partial charge >= 0.3 is 12.1 Å². The maximum atomic E-state index is 14.1. The molecular weight excluding hydrogens is 655 g/mol. The molecule has 1 aromatic heterocycles. The van der Waals surface area contributed by atoms with E-state index >= 15 is 0 Å². The Bertz CT molecular complexity index is 1430. The molecule has 4 amide bonds. The van der Waals surface area contributed by atoms with Gasteiger partial charge in [0.15, 0.2) is 0 Å². The molecule has 3 heterocycles. The molecule has 3 unspecified atom stereocenters. The van der Waals surface area contributed by atoms with Crippen LogP contribution in [0.5, 0.6) is 0 Å². The van der Waals surface area contributed by atoms with Gasteiger partial charge in [-0.15, -0.1) is 11.3 Å². The third-order valence-corrected chi connectivity index (χ3v) is 10.0. The Morgan fingerprint density at radius 2 is 1.44 bits per heavy atom. The number of nitrogens with zero attached hydrogens (tertiary/aromatic N) is 4. The number of aromatic nitrogens is 1. The fraction of sp³-hybridized carbons (Fsp3) is 0.514. The summed E-state index contributed by atoms with van der Waals surface area (Å²) in [6.45, 7) is 6.63. The Morgan fingerprint density at radius 3 is 2.04 bits per heavy atom. The molecule has 2 aliphatic heterocycles. The summed E-state index contributed by atoms with van der Waals surface area (Å²) in [4.78, 5) is 51.6. The van der Waals surface area contributed by atoms with Crippen LogP contribution in [0.15, 0.2) is 72.4 Å². The maximum Gasteiger partial charge on any atom is 0.407 e.